The van der Waals surface area contributed by atoms with Gasteiger partial charge in [0, 0.05) is 12.7 Å². The molecular weight excluding hydrogens is 285 g/mol. The summed E-state index contributed by atoms with van der Waals surface area (Å²) in [6, 6.07) is 7.78. The van der Waals surface area contributed by atoms with Gasteiger partial charge in [-0.3, -0.25) is 0 Å². The van der Waals surface area contributed by atoms with Crippen molar-refractivity contribution in [3.63, 3.8) is 0 Å². The molecule has 0 radical (unpaired) electrons. The van der Waals surface area contributed by atoms with Gasteiger partial charge in [0.1, 0.15) is 5.82 Å². The van der Waals surface area contributed by atoms with Crippen LogP contribution in [0.15, 0.2) is 42.6 Å². The second-order valence-electron chi connectivity index (χ2n) is 4.29. The number of carbonyl (C=O) groups is 1. The zero-order valence-corrected chi connectivity index (χ0v) is 10.7. The standard InChI is InChI=1S/C14H11F3N2O2/c15-14(16,17)11-3-1-2-9(6-11)7-18-12-5-4-10(8-19-12)13(20)21/h1-6,8H,7H2,(H,18,19)(H,20,21). The van der Waals surface area contributed by atoms with E-state index in [0.717, 1.165) is 12.1 Å². The van der Waals surface area contributed by atoms with Crippen LogP contribution in [0.5, 0.6) is 0 Å². The van der Waals surface area contributed by atoms with Crippen LogP contribution in [-0.2, 0) is 12.7 Å². The van der Waals surface area contributed by atoms with Crippen molar-refractivity contribution in [1.82, 2.24) is 4.98 Å². The summed E-state index contributed by atoms with van der Waals surface area (Å²) in [4.78, 5) is 14.5. The van der Waals surface area contributed by atoms with Gasteiger partial charge >= 0.3 is 12.1 Å². The van der Waals surface area contributed by atoms with Gasteiger partial charge in [0.05, 0.1) is 11.1 Å². The van der Waals surface area contributed by atoms with E-state index in [2.05, 4.69) is 10.3 Å². The van der Waals surface area contributed by atoms with E-state index in [1.165, 1.54) is 24.4 Å². The van der Waals surface area contributed by atoms with E-state index in [-0.39, 0.29) is 12.1 Å². The van der Waals surface area contributed by atoms with Crippen molar-refractivity contribution < 1.29 is 23.1 Å². The number of aromatic nitrogens is 1. The number of hydrogen-bond donors (Lipinski definition) is 2. The van der Waals surface area contributed by atoms with Crippen LogP contribution in [-0.4, -0.2) is 16.1 Å². The molecule has 0 saturated carbocycles. The van der Waals surface area contributed by atoms with Crippen molar-refractivity contribution in [2.24, 2.45) is 0 Å². The molecule has 2 aromatic rings. The first kappa shape index (κ1) is 14.8. The van der Waals surface area contributed by atoms with Crippen molar-refractivity contribution in [2.75, 3.05) is 5.32 Å². The molecule has 21 heavy (non-hydrogen) atoms. The Morgan fingerprint density at radius 1 is 1.24 bits per heavy atom. The highest BCUT2D eigenvalue weighted by molar-refractivity contribution is 5.87. The number of pyridine rings is 1. The predicted octanol–water partition coefficient (Wildman–Crippen LogP) is 3.41. The number of halogens is 3. The van der Waals surface area contributed by atoms with Crippen LogP contribution in [0.2, 0.25) is 0 Å². The highest BCUT2D eigenvalue weighted by Gasteiger charge is 2.30. The zero-order valence-electron chi connectivity index (χ0n) is 10.7. The summed E-state index contributed by atoms with van der Waals surface area (Å²) in [5.74, 6) is -0.704. The maximum absolute atomic E-state index is 12.6. The molecule has 7 heteroatoms. The van der Waals surface area contributed by atoms with Gasteiger partial charge in [0.25, 0.3) is 0 Å². The SMILES string of the molecule is O=C(O)c1ccc(NCc2cccc(C(F)(F)F)c2)nc1. The average Bonchev–Trinajstić information content (AvgIpc) is 2.45. The van der Waals surface area contributed by atoms with Gasteiger partial charge < -0.3 is 10.4 Å². The fourth-order valence-electron chi connectivity index (χ4n) is 1.68. The fourth-order valence-corrected chi connectivity index (χ4v) is 1.68. The molecule has 0 bridgehead atoms. The van der Waals surface area contributed by atoms with E-state index in [9.17, 15) is 18.0 Å². The molecule has 0 atom stereocenters. The maximum atomic E-state index is 12.6. The number of benzene rings is 1. The normalized spacial score (nSPS) is 11.2. The molecule has 2 rings (SSSR count). The third-order valence-corrected chi connectivity index (χ3v) is 2.74. The van der Waals surface area contributed by atoms with Crippen molar-refractivity contribution in [1.29, 1.82) is 0 Å². The topological polar surface area (TPSA) is 62.2 Å². The first-order valence-electron chi connectivity index (χ1n) is 5.95. The van der Waals surface area contributed by atoms with Gasteiger partial charge in [-0.2, -0.15) is 13.2 Å². The lowest BCUT2D eigenvalue weighted by atomic mass is 10.1. The molecule has 1 heterocycles. The lowest BCUT2D eigenvalue weighted by molar-refractivity contribution is -0.137. The molecule has 2 N–H and O–H groups in total. The van der Waals surface area contributed by atoms with Gasteiger partial charge in [-0.25, -0.2) is 9.78 Å². The largest absolute Gasteiger partial charge is 0.478 e. The lowest BCUT2D eigenvalue weighted by Gasteiger charge is -2.10. The predicted molar refractivity (Wildman–Crippen MR) is 70.0 cm³/mol. The van der Waals surface area contributed by atoms with Crippen molar-refractivity contribution in [3.05, 3.63) is 59.3 Å². The summed E-state index contributed by atoms with van der Waals surface area (Å²) >= 11 is 0. The summed E-state index contributed by atoms with van der Waals surface area (Å²) in [5, 5.41) is 11.6. The molecular formula is C14H11F3N2O2. The van der Waals surface area contributed by atoms with Crippen LogP contribution >= 0.6 is 0 Å². The van der Waals surface area contributed by atoms with Crippen LogP contribution < -0.4 is 5.32 Å². The Hall–Kier alpha value is -2.57. The highest BCUT2D eigenvalue weighted by atomic mass is 19.4. The van der Waals surface area contributed by atoms with E-state index in [4.69, 9.17) is 5.11 Å². The first-order valence-corrected chi connectivity index (χ1v) is 5.95. The second-order valence-corrected chi connectivity index (χ2v) is 4.29. The Bertz CT molecular complexity index is 639. The van der Waals surface area contributed by atoms with Crippen LogP contribution in [0.25, 0.3) is 0 Å². The fraction of sp³-hybridized carbons (Fsp3) is 0.143. The van der Waals surface area contributed by atoms with Crippen LogP contribution in [0.3, 0.4) is 0 Å². The number of aromatic carboxylic acids is 1. The average molecular weight is 296 g/mol. The minimum Gasteiger partial charge on any atom is -0.478 e. The maximum Gasteiger partial charge on any atom is 0.416 e. The number of carboxylic acid groups (broad SMARTS) is 1. The monoisotopic (exact) mass is 296 g/mol. The molecule has 0 aliphatic carbocycles. The molecule has 0 saturated heterocycles. The number of alkyl halides is 3. The molecule has 0 aliphatic rings. The minimum absolute atomic E-state index is 0.0413. The molecule has 0 spiro atoms. The first-order chi connectivity index (χ1) is 9.86. The third kappa shape index (κ3) is 3.95. The van der Waals surface area contributed by atoms with E-state index in [1.807, 2.05) is 0 Å². The Morgan fingerprint density at radius 2 is 2.00 bits per heavy atom. The molecule has 1 aromatic heterocycles. The van der Waals surface area contributed by atoms with Gasteiger partial charge in [0.2, 0.25) is 0 Å². The number of rotatable bonds is 4. The molecule has 0 unspecified atom stereocenters. The zero-order chi connectivity index (χ0) is 15.5. The van der Waals surface area contributed by atoms with Gasteiger partial charge in [-0.1, -0.05) is 12.1 Å². The van der Waals surface area contributed by atoms with Gasteiger partial charge in [-0.05, 0) is 29.8 Å². The molecule has 0 amide bonds. The van der Waals surface area contributed by atoms with Gasteiger partial charge in [0.15, 0.2) is 0 Å². The molecule has 1 aromatic carbocycles. The second kappa shape index (κ2) is 5.82. The van der Waals surface area contributed by atoms with Crippen molar-refractivity contribution in [2.45, 2.75) is 12.7 Å². The van der Waals surface area contributed by atoms with E-state index >= 15 is 0 Å². The van der Waals surface area contributed by atoms with Crippen molar-refractivity contribution in [3.8, 4) is 0 Å². The summed E-state index contributed by atoms with van der Waals surface area (Å²) in [5.41, 5.74) is -0.218. The number of hydrogen-bond acceptors (Lipinski definition) is 3. The minimum atomic E-state index is -4.38. The summed E-state index contributed by atoms with van der Waals surface area (Å²) in [6.45, 7) is 0.156. The summed E-state index contributed by atoms with van der Waals surface area (Å²) < 4.78 is 37.7. The van der Waals surface area contributed by atoms with Crippen LogP contribution in [0.4, 0.5) is 19.0 Å². The lowest BCUT2D eigenvalue weighted by Crippen LogP contribution is -2.07. The number of carboxylic acids is 1. The smallest absolute Gasteiger partial charge is 0.416 e. The highest BCUT2D eigenvalue weighted by Crippen LogP contribution is 2.29. The summed E-state index contributed by atoms with van der Waals surface area (Å²) in [6.07, 6.45) is -3.20. The molecule has 0 aliphatic heterocycles. The Kier molecular flexibility index (Phi) is 4.11. The van der Waals surface area contributed by atoms with Crippen LogP contribution in [0.1, 0.15) is 21.5 Å². The number of nitrogens with one attached hydrogen (secondary N) is 1. The Balaban J connectivity index is 2.04. The summed E-state index contributed by atoms with van der Waals surface area (Å²) in [7, 11) is 0. The quantitative estimate of drug-likeness (QED) is 0.907. The van der Waals surface area contributed by atoms with E-state index in [0.29, 0.717) is 11.4 Å². The molecule has 110 valence electrons. The molecule has 0 fully saturated rings. The molecule has 4 nitrogen and oxygen atoms in total. The van der Waals surface area contributed by atoms with Crippen molar-refractivity contribution >= 4 is 11.8 Å². The Labute approximate surface area is 118 Å². The van der Waals surface area contributed by atoms with Crippen LogP contribution in [0, 0.1) is 0 Å². The Morgan fingerprint density at radius 3 is 2.57 bits per heavy atom. The third-order valence-electron chi connectivity index (χ3n) is 2.74. The number of nitrogens with zero attached hydrogens (tertiary/aromatic N) is 1. The number of anilines is 1. The van der Waals surface area contributed by atoms with E-state index in [1.54, 1.807) is 6.07 Å². The van der Waals surface area contributed by atoms with E-state index < -0.39 is 17.7 Å². The van der Waals surface area contributed by atoms with Gasteiger partial charge in [-0.15, -0.1) is 0 Å².